The number of aromatic nitrogens is 4. The molecule has 1 N–H and O–H groups in total. The number of ether oxygens (including phenoxy) is 1. The number of nitrogens with zero attached hydrogens (tertiary/aromatic N) is 4. The molecule has 0 unspecified atom stereocenters. The second kappa shape index (κ2) is 5.51. The van der Waals surface area contributed by atoms with Crippen molar-refractivity contribution >= 4 is 27.5 Å². The first-order valence-electron chi connectivity index (χ1n) is 6.81. The molecular weight excluding hydrogens is 338 g/mol. The molecule has 0 atom stereocenters. The fourth-order valence-electron chi connectivity index (χ4n) is 2.12. The molecule has 0 aliphatic carbocycles. The van der Waals surface area contributed by atoms with Gasteiger partial charge in [0.1, 0.15) is 4.47 Å². The van der Waals surface area contributed by atoms with E-state index < -0.39 is 0 Å². The van der Waals surface area contributed by atoms with Gasteiger partial charge >= 0.3 is 0 Å². The van der Waals surface area contributed by atoms with Crippen molar-refractivity contribution in [2.75, 3.05) is 11.9 Å². The Bertz CT molecular complexity index is 676. The Hall–Kier alpha value is -1.83. The number of amides is 1. The van der Waals surface area contributed by atoms with E-state index in [-0.39, 0.29) is 11.9 Å². The van der Waals surface area contributed by atoms with Gasteiger partial charge in [-0.25, -0.2) is 4.68 Å². The van der Waals surface area contributed by atoms with Crippen LogP contribution in [0.5, 0.6) is 5.88 Å². The average Bonchev–Trinajstić information content (AvgIpc) is 3.05. The molecule has 0 saturated carbocycles. The minimum Gasteiger partial charge on any atom is -0.477 e. The molecule has 2 aromatic heterocycles. The van der Waals surface area contributed by atoms with E-state index in [1.807, 2.05) is 13.8 Å². The Balaban J connectivity index is 1.80. The third kappa shape index (κ3) is 2.67. The third-order valence-corrected chi connectivity index (χ3v) is 3.92. The van der Waals surface area contributed by atoms with Crippen molar-refractivity contribution in [3.05, 3.63) is 22.6 Å². The molecule has 0 fully saturated rings. The molecule has 7 nitrogen and oxygen atoms in total. The third-order valence-electron chi connectivity index (χ3n) is 3.21. The second-order valence-corrected chi connectivity index (χ2v) is 5.94. The maximum Gasteiger partial charge on any atom is 0.277 e. The maximum atomic E-state index is 12.3. The summed E-state index contributed by atoms with van der Waals surface area (Å²) in [5.41, 5.74) is 0.969. The Morgan fingerprint density at radius 1 is 1.52 bits per heavy atom. The molecule has 1 aliphatic heterocycles. The lowest BCUT2D eigenvalue weighted by Crippen LogP contribution is -2.16. The summed E-state index contributed by atoms with van der Waals surface area (Å²) in [6, 6.07) is 0.246. The van der Waals surface area contributed by atoms with E-state index >= 15 is 0 Å². The lowest BCUT2D eigenvalue weighted by atomic mass is 10.3. The molecular formula is C13H16BrN5O2. The van der Waals surface area contributed by atoms with Crippen molar-refractivity contribution in [1.29, 1.82) is 0 Å². The number of hydrogen-bond acceptors (Lipinski definition) is 4. The van der Waals surface area contributed by atoms with E-state index in [1.165, 1.54) is 0 Å². The van der Waals surface area contributed by atoms with Gasteiger partial charge in [-0.15, -0.1) is 0 Å². The summed E-state index contributed by atoms with van der Waals surface area (Å²) < 4.78 is 9.61. The van der Waals surface area contributed by atoms with Gasteiger partial charge in [0.2, 0.25) is 5.88 Å². The fourth-order valence-corrected chi connectivity index (χ4v) is 2.70. The topological polar surface area (TPSA) is 74.0 Å². The summed E-state index contributed by atoms with van der Waals surface area (Å²) >= 11 is 3.39. The number of carbonyl (C=O) groups excluding carboxylic acids is 1. The van der Waals surface area contributed by atoms with Gasteiger partial charge in [-0.1, -0.05) is 0 Å². The van der Waals surface area contributed by atoms with Crippen LogP contribution in [0.3, 0.4) is 0 Å². The highest BCUT2D eigenvalue weighted by Crippen LogP contribution is 2.31. The fraction of sp³-hybridized carbons (Fsp3) is 0.462. The highest BCUT2D eigenvalue weighted by Gasteiger charge is 2.24. The number of hydrogen-bond donors (Lipinski definition) is 1. The van der Waals surface area contributed by atoms with Gasteiger partial charge in [-0.2, -0.15) is 10.2 Å². The first-order chi connectivity index (χ1) is 10.1. The van der Waals surface area contributed by atoms with Crippen molar-refractivity contribution in [1.82, 2.24) is 19.6 Å². The van der Waals surface area contributed by atoms with Crippen molar-refractivity contribution < 1.29 is 9.53 Å². The van der Waals surface area contributed by atoms with Crippen molar-refractivity contribution in [2.45, 2.75) is 32.9 Å². The van der Waals surface area contributed by atoms with Gasteiger partial charge in [0, 0.05) is 25.2 Å². The number of anilines is 1. The molecule has 0 spiro atoms. The number of fused-ring (bicyclic) bond motifs is 1. The van der Waals surface area contributed by atoms with Gasteiger partial charge < -0.3 is 10.1 Å². The molecule has 0 saturated heterocycles. The quantitative estimate of drug-likeness (QED) is 0.919. The molecule has 112 valence electrons. The van der Waals surface area contributed by atoms with Crippen molar-refractivity contribution in [2.24, 2.45) is 0 Å². The van der Waals surface area contributed by atoms with Crippen LogP contribution in [-0.4, -0.2) is 32.1 Å². The minimum absolute atomic E-state index is 0.246. The first kappa shape index (κ1) is 14.1. The van der Waals surface area contributed by atoms with E-state index in [4.69, 9.17) is 4.74 Å². The lowest BCUT2D eigenvalue weighted by Gasteiger charge is -2.14. The van der Waals surface area contributed by atoms with E-state index in [2.05, 4.69) is 31.4 Å². The maximum absolute atomic E-state index is 12.3. The van der Waals surface area contributed by atoms with Crippen LogP contribution in [0.4, 0.5) is 5.69 Å². The van der Waals surface area contributed by atoms with E-state index in [9.17, 15) is 4.79 Å². The number of rotatable bonds is 3. The summed E-state index contributed by atoms with van der Waals surface area (Å²) in [5.74, 6) is 0.333. The van der Waals surface area contributed by atoms with Crippen LogP contribution in [-0.2, 0) is 6.54 Å². The van der Waals surface area contributed by atoms with Crippen LogP contribution in [0.25, 0.3) is 0 Å². The first-order valence-corrected chi connectivity index (χ1v) is 7.60. The Kier molecular flexibility index (Phi) is 3.71. The van der Waals surface area contributed by atoms with Crippen LogP contribution < -0.4 is 10.1 Å². The normalized spacial score (nSPS) is 13.9. The molecule has 21 heavy (non-hydrogen) atoms. The highest BCUT2D eigenvalue weighted by molar-refractivity contribution is 9.10. The van der Waals surface area contributed by atoms with E-state index in [0.717, 1.165) is 13.0 Å². The number of halogens is 1. The number of aryl methyl sites for hydroxylation is 1. The predicted octanol–water partition coefficient (Wildman–Crippen LogP) is 2.46. The van der Waals surface area contributed by atoms with Crippen LogP contribution in [0.2, 0.25) is 0 Å². The van der Waals surface area contributed by atoms with Crippen LogP contribution in [0, 0.1) is 0 Å². The van der Waals surface area contributed by atoms with Gasteiger partial charge in [0.15, 0.2) is 5.69 Å². The monoisotopic (exact) mass is 353 g/mol. The lowest BCUT2D eigenvalue weighted by molar-refractivity contribution is 0.102. The zero-order chi connectivity index (χ0) is 15.0. The minimum atomic E-state index is -0.282. The van der Waals surface area contributed by atoms with Crippen LogP contribution in [0.1, 0.15) is 36.8 Å². The van der Waals surface area contributed by atoms with Crippen molar-refractivity contribution in [3.63, 3.8) is 0 Å². The molecule has 0 bridgehead atoms. The zero-order valence-corrected chi connectivity index (χ0v) is 13.4. The SMILES string of the molecule is CC(C)n1cc(NC(=O)c2nn3c(c2Br)OCCC3)cn1. The summed E-state index contributed by atoms with van der Waals surface area (Å²) in [7, 11) is 0. The van der Waals surface area contributed by atoms with Gasteiger partial charge in [-0.3, -0.25) is 9.48 Å². The molecule has 1 amide bonds. The molecule has 1 aliphatic rings. The molecule has 3 heterocycles. The van der Waals surface area contributed by atoms with Crippen LogP contribution in [0.15, 0.2) is 16.9 Å². The Morgan fingerprint density at radius 2 is 2.33 bits per heavy atom. The zero-order valence-electron chi connectivity index (χ0n) is 11.8. The molecule has 0 radical (unpaired) electrons. The van der Waals surface area contributed by atoms with Crippen molar-refractivity contribution in [3.8, 4) is 5.88 Å². The largest absolute Gasteiger partial charge is 0.477 e. The van der Waals surface area contributed by atoms with Gasteiger partial charge in [0.05, 0.1) is 18.5 Å². The summed E-state index contributed by atoms with van der Waals surface area (Å²) in [6.45, 7) is 5.45. The Morgan fingerprint density at radius 3 is 3.00 bits per heavy atom. The highest BCUT2D eigenvalue weighted by atomic mass is 79.9. The van der Waals surface area contributed by atoms with Gasteiger partial charge in [-0.05, 0) is 29.8 Å². The standard InChI is InChI=1S/C13H16BrN5O2/c1-8(2)19-7-9(6-15-19)16-12(20)11-10(14)13-18(17-11)4-3-5-21-13/h6-8H,3-5H2,1-2H3,(H,16,20). The smallest absolute Gasteiger partial charge is 0.277 e. The molecule has 0 aromatic carbocycles. The number of nitrogens with one attached hydrogen (secondary N) is 1. The summed E-state index contributed by atoms with van der Waals surface area (Å²) in [4.78, 5) is 12.3. The predicted molar refractivity (Wildman–Crippen MR) is 80.6 cm³/mol. The number of carbonyl (C=O) groups is 1. The second-order valence-electron chi connectivity index (χ2n) is 5.15. The summed E-state index contributed by atoms with van der Waals surface area (Å²) in [6.07, 6.45) is 4.31. The van der Waals surface area contributed by atoms with Gasteiger partial charge in [0.25, 0.3) is 5.91 Å². The van der Waals surface area contributed by atoms with Crippen LogP contribution >= 0.6 is 15.9 Å². The molecule has 3 rings (SSSR count). The molecule has 8 heteroatoms. The average molecular weight is 354 g/mol. The van der Waals surface area contributed by atoms with E-state index in [1.54, 1.807) is 21.8 Å². The van der Waals surface area contributed by atoms with E-state index in [0.29, 0.717) is 28.3 Å². The summed E-state index contributed by atoms with van der Waals surface area (Å²) in [5, 5.41) is 11.3. The molecule has 2 aromatic rings. The Labute approximate surface area is 130 Å².